The molecule has 3 rings (SSSR count). The largest absolute Gasteiger partial charge is 0.462 e. The third-order valence-electron chi connectivity index (χ3n) is 5.56. The van der Waals surface area contributed by atoms with Crippen LogP contribution in [-0.4, -0.2) is 51.6 Å². The van der Waals surface area contributed by atoms with Crippen molar-refractivity contribution >= 4 is 13.7 Å². The Morgan fingerprint density at radius 3 is 2.57 bits per heavy atom. The highest BCUT2D eigenvalue weighted by Gasteiger charge is 2.55. The van der Waals surface area contributed by atoms with E-state index in [1.807, 2.05) is 6.07 Å². The SMILES string of the molecule is CC(C)OC(=O)[C@H](C)N[P@@](=O)(OC[C@H]1O[C@@H](n2ccc(=O)[nH]c2=O)[C@](C)(C#N)[C@@H]1O)Oc1ccccc1. The Bertz CT molecular complexity index is 1310. The van der Waals surface area contributed by atoms with Crippen molar-refractivity contribution in [3.8, 4) is 11.8 Å². The van der Waals surface area contributed by atoms with E-state index < -0.39 is 67.6 Å². The number of nitrogens with one attached hydrogen (secondary N) is 2. The number of hydrogen-bond donors (Lipinski definition) is 3. The molecule has 1 aliphatic rings. The van der Waals surface area contributed by atoms with Crippen LogP contribution in [0.3, 0.4) is 0 Å². The molecule has 200 valence electrons. The molecule has 0 unspecified atom stereocenters. The van der Waals surface area contributed by atoms with Crippen molar-refractivity contribution in [2.24, 2.45) is 5.41 Å². The summed E-state index contributed by atoms with van der Waals surface area (Å²) < 4.78 is 36.7. The van der Waals surface area contributed by atoms with Crippen LogP contribution >= 0.6 is 7.75 Å². The molecule has 1 saturated heterocycles. The van der Waals surface area contributed by atoms with Gasteiger partial charge in [-0.25, -0.2) is 9.36 Å². The average Bonchev–Trinajstić information content (AvgIpc) is 3.08. The number of aromatic amines is 1. The minimum absolute atomic E-state index is 0.176. The Balaban J connectivity index is 1.84. The molecule has 0 bridgehead atoms. The first-order valence-corrected chi connectivity index (χ1v) is 13.0. The zero-order valence-corrected chi connectivity index (χ0v) is 21.6. The highest BCUT2D eigenvalue weighted by atomic mass is 31.2. The maximum atomic E-state index is 13.7. The average molecular weight is 536 g/mol. The number of carbonyl (C=O) groups is 1. The van der Waals surface area contributed by atoms with Crippen LogP contribution in [0.5, 0.6) is 5.75 Å². The van der Waals surface area contributed by atoms with Gasteiger partial charge in [-0.2, -0.15) is 10.3 Å². The van der Waals surface area contributed by atoms with Crippen LogP contribution in [0.2, 0.25) is 0 Å². The Morgan fingerprint density at radius 1 is 1.30 bits per heavy atom. The summed E-state index contributed by atoms with van der Waals surface area (Å²) in [5.74, 6) is -0.516. The predicted octanol–water partition coefficient (Wildman–Crippen LogP) is 1.46. The summed E-state index contributed by atoms with van der Waals surface area (Å²) in [7, 11) is -4.27. The highest BCUT2D eigenvalue weighted by molar-refractivity contribution is 7.52. The molecule has 14 heteroatoms. The standard InChI is InChI=1S/C23H29N4O9P/c1-14(2)34-20(30)15(3)26-37(32,36-16-8-6-5-7-9-16)33-12-17-19(29)23(4,13-24)21(35-17)27-11-10-18(28)25-22(27)31/h5-11,14-15,17,19,21,29H,12H2,1-4H3,(H,26,32)(H,25,28,31)/t15-,17+,19+,21+,23+,37+/m0/s1. The monoisotopic (exact) mass is 536 g/mol. The number of para-hydroxylation sites is 1. The second-order valence-corrected chi connectivity index (χ2v) is 10.6. The van der Waals surface area contributed by atoms with Crippen molar-refractivity contribution in [1.29, 1.82) is 5.26 Å². The first-order chi connectivity index (χ1) is 17.4. The molecular weight excluding hydrogens is 507 g/mol. The van der Waals surface area contributed by atoms with Crippen molar-refractivity contribution in [2.75, 3.05) is 6.61 Å². The molecule has 6 atom stereocenters. The lowest BCUT2D eigenvalue weighted by Gasteiger charge is -2.26. The second-order valence-electron chi connectivity index (χ2n) is 8.92. The van der Waals surface area contributed by atoms with E-state index in [1.165, 1.54) is 26.0 Å². The van der Waals surface area contributed by atoms with Crippen molar-refractivity contribution < 1.29 is 33.0 Å². The molecule has 2 aromatic rings. The van der Waals surface area contributed by atoms with E-state index in [0.29, 0.717) is 0 Å². The van der Waals surface area contributed by atoms with Gasteiger partial charge in [-0.05, 0) is 39.8 Å². The third-order valence-corrected chi connectivity index (χ3v) is 7.21. The molecule has 0 amide bonds. The number of rotatable bonds is 10. The smallest absolute Gasteiger partial charge is 0.459 e. The van der Waals surface area contributed by atoms with Gasteiger partial charge < -0.3 is 19.1 Å². The molecule has 3 N–H and O–H groups in total. The first-order valence-electron chi connectivity index (χ1n) is 11.4. The van der Waals surface area contributed by atoms with Crippen LogP contribution in [0.4, 0.5) is 0 Å². The number of benzene rings is 1. The third kappa shape index (κ3) is 6.54. The number of H-pyrrole nitrogens is 1. The van der Waals surface area contributed by atoms with E-state index >= 15 is 0 Å². The van der Waals surface area contributed by atoms with Crippen LogP contribution in [-0.2, 0) is 23.4 Å². The highest BCUT2D eigenvalue weighted by Crippen LogP contribution is 2.48. The quantitative estimate of drug-likeness (QED) is 0.295. The summed E-state index contributed by atoms with van der Waals surface area (Å²) in [4.78, 5) is 38.1. The lowest BCUT2D eigenvalue weighted by Crippen LogP contribution is -2.41. The summed E-state index contributed by atoms with van der Waals surface area (Å²) in [6.45, 7) is 5.58. The maximum Gasteiger partial charge on any atom is 0.459 e. The van der Waals surface area contributed by atoms with E-state index in [-0.39, 0.29) is 5.75 Å². The molecule has 37 heavy (non-hydrogen) atoms. The molecule has 1 aromatic heterocycles. The van der Waals surface area contributed by atoms with Gasteiger partial charge in [0.05, 0.1) is 18.8 Å². The lowest BCUT2D eigenvalue weighted by atomic mass is 9.84. The number of nitrogens with zero attached hydrogens (tertiary/aromatic N) is 2. The van der Waals surface area contributed by atoms with Gasteiger partial charge in [-0.3, -0.25) is 23.7 Å². The van der Waals surface area contributed by atoms with Gasteiger partial charge in [-0.1, -0.05) is 18.2 Å². The lowest BCUT2D eigenvalue weighted by molar-refractivity contribution is -0.149. The Kier molecular flexibility index (Phi) is 8.73. The molecule has 0 aliphatic carbocycles. The number of aromatic nitrogens is 2. The molecular formula is C23H29N4O9P. The van der Waals surface area contributed by atoms with Crippen LogP contribution < -0.4 is 20.9 Å². The number of nitriles is 1. The van der Waals surface area contributed by atoms with Gasteiger partial charge in [-0.15, -0.1) is 0 Å². The van der Waals surface area contributed by atoms with Crippen LogP contribution in [0, 0.1) is 16.7 Å². The second kappa shape index (κ2) is 11.4. The molecule has 0 spiro atoms. The molecule has 0 saturated carbocycles. The van der Waals surface area contributed by atoms with E-state index in [1.54, 1.807) is 32.0 Å². The van der Waals surface area contributed by atoms with Crippen molar-refractivity contribution in [2.45, 2.75) is 58.3 Å². The first kappa shape index (κ1) is 28.3. The number of hydrogen-bond acceptors (Lipinski definition) is 10. The summed E-state index contributed by atoms with van der Waals surface area (Å²) >= 11 is 0. The Hall–Kier alpha value is -3.27. The Labute approximate surface area is 212 Å². The number of aliphatic hydroxyl groups is 1. The summed E-state index contributed by atoms with van der Waals surface area (Å²) in [5.41, 5.74) is -3.12. The molecule has 1 fully saturated rings. The molecule has 13 nitrogen and oxygen atoms in total. The molecule has 1 aromatic carbocycles. The zero-order valence-electron chi connectivity index (χ0n) is 20.7. The summed E-state index contributed by atoms with van der Waals surface area (Å²) in [6.07, 6.45) is -3.29. The molecule has 2 heterocycles. The van der Waals surface area contributed by atoms with Gasteiger partial charge >= 0.3 is 19.4 Å². The van der Waals surface area contributed by atoms with Gasteiger partial charge in [0.15, 0.2) is 6.23 Å². The van der Waals surface area contributed by atoms with Gasteiger partial charge in [0.2, 0.25) is 0 Å². The normalized spacial score (nSPS) is 25.7. The summed E-state index contributed by atoms with van der Waals surface area (Å²) in [6, 6.07) is 10.00. The van der Waals surface area contributed by atoms with Crippen LogP contribution in [0.25, 0.3) is 0 Å². The maximum absolute atomic E-state index is 13.7. The van der Waals surface area contributed by atoms with Crippen LogP contribution in [0.1, 0.15) is 33.9 Å². The van der Waals surface area contributed by atoms with E-state index in [9.17, 15) is 29.3 Å². The van der Waals surface area contributed by atoms with E-state index in [4.69, 9.17) is 18.5 Å². The topological polar surface area (TPSA) is 182 Å². The van der Waals surface area contributed by atoms with Crippen molar-refractivity contribution in [3.63, 3.8) is 0 Å². The minimum atomic E-state index is -4.27. The van der Waals surface area contributed by atoms with Gasteiger partial charge in [0.1, 0.15) is 29.4 Å². The Morgan fingerprint density at radius 2 is 1.97 bits per heavy atom. The zero-order chi connectivity index (χ0) is 27.4. The van der Waals surface area contributed by atoms with E-state index in [2.05, 4.69) is 10.1 Å². The van der Waals surface area contributed by atoms with Crippen LogP contribution in [0.15, 0.2) is 52.2 Å². The fraction of sp³-hybridized carbons (Fsp3) is 0.478. The van der Waals surface area contributed by atoms with Crippen molar-refractivity contribution in [1.82, 2.24) is 14.6 Å². The number of aliphatic hydroxyl groups excluding tert-OH is 1. The summed E-state index contributed by atoms with van der Waals surface area (Å²) in [5, 5.41) is 23.2. The fourth-order valence-corrected chi connectivity index (χ4v) is 5.14. The predicted molar refractivity (Wildman–Crippen MR) is 129 cm³/mol. The fourth-order valence-electron chi connectivity index (χ4n) is 3.64. The van der Waals surface area contributed by atoms with Gasteiger partial charge in [0.25, 0.3) is 5.56 Å². The van der Waals surface area contributed by atoms with Crippen molar-refractivity contribution in [3.05, 3.63) is 63.4 Å². The molecule has 1 aliphatic heterocycles. The number of esters is 1. The van der Waals surface area contributed by atoms with Gasteiger partial charge in [0, 0.05) is 12.3 Å². The molecule has 0 radical (unpaired) electrons. The minimum Gasteiger partial charge on any atom is -0.462 e. The number of ether oxygens (including phenoxy) is 2. The van der Waals surface area contributed by atoms with E-state index in [0.717, 1.165) is 16.8 Å². The number of carbonyl (C=O) groups excluding carboxylic acids is 1.